The number of carbonyl (C=O) groups excluding carboxylic acids is 1. The molecule has 28 heavy (non-hydrogen) atoms. The van der Waals surface area contributed by atoms with Crippen LogP contribution in [0, 0.1) is 6.92 Å². The van der Waals surface area contributed by atoms with Gasteiger partial charge in [0.2, 0.25) is 0 Å². The molecule has 0 unspecified atom stereocenters. The lowest BCUT2D eigenvalue weighted by molar-refractivity contribution is 0.102. The molecular formula is C22H21N3O2S. The fourth-order valence-corrected chi connectivity index (χ4v) is 4.08. The van der Waals surface area contributed by atoms with E-state index in [0.717, 1.165) is 39.8 Å². The molecule has 0 aliphatic carbocycles. The van der Waals surface area contributed by atoms with Crippen LogP contribution in [0.2, 0.25) is 0 Å². The molecule has 0 saturated heterocycles. The Hall–Kier alpha value is -3.12. The molecule has 2 heterocycles. The molecule has 4 aromatic rings. The average molecular weight is 391 g/mol. The summed E-state index contributed by atoms with van der Waals surface area (Å²) in [5.74, 6) is 0.704. The van der Waals surface area contributed by atoms with Crippen LogP contribution in [0.4, 0.5) is 5.69 Å². The van der Waals surface area contributed by atoms with E-state index in [9.17, 15) is 4.79 Å². The largest absolute Gasteiger partial charge is 0.497 e. The number of carbonyl (C=O) groups is 1. The van der Waals surface area contributed by atoms with E-state index < -0.39 is 0 Å². The van der Waals surface area contributed by atoms with Gasteiger partial charge in [-0.2, -0.15) is 0 Å². The van der Waals surface area contributed by atoms with E-state index in [0.29, 0.717) is 4.88 Å². The van der Waals surface area contributed by atoms with Gasteiger partial charge in [-0.1, -0.05) is 30.4 Å². The third kappa shape index (κ3) is 3.39. The Labute approximate surface area is 167 Å². The first kappa shape index (κ1) is 18.3. The standard InChI is InChI=1S/C22H21N3O2S/c1-4-15-5-9-17(10-6-15)23-21(26)20-14(2)25-13-19(24-22(25)28-20)16-7-11-18(27-3)12-8-16/h5-13H,4H2,1-3H3,(H,23,26). The van der Waals surface area contributed by atoms with E-state index in [4.69, 9.17) is 9.72 Å². The minimum Gasteiger partial charge on any atom is -0.497 e. The zero-order valence-corrected chi connectivity index (χ0v) is 16.8. The van der Waals surface area contributed by atoms with Crippen molar-refractivity contribution in [1.82, 2.24) is 9.38 Å². The number of nitrogens with one attached hydrogen (secondary N) is 1. The second kappa shape index (κ2) is 7.48. The number of hydrogen-bond donors (Lipinski definition) is 1. The molecule has 0 atom stereocenters. The van der Waals surface area contributed by atoms with Gasteiger partial charge in [-0.05, 0) is 55.3 Å². The van der Waals surface area contributed by atoms with Crippen LogP contribution in [-0.2, 0) is 6.42 Å². The number of nitrogens with zero attached hydrogens (tertiary/aromatic N) is 2. The third-order valence-electron chi connectivity index (χ3n) is 4.77. The number of aryl methyl sites for hydroxylation is 2. The molecule has 142 valence electrons. The first-order chi connectivity index (χ1) is 13.6. The molecule has 0 bridgehead atoms. The number of anilines is 1. The molecule has 2 aromatic carbocycles. The van der Waals surface area contributed by atoms with Gasteiger partial charge < -0.3 is 10.1 Å². The molecule has 1 amide bonds. The molecule has 2 aromatic heterocycles. The second-order valence-electron chi connectivity index (χ2n) is 6.53. The Balaban J connectivity index is 1.58. The molecule has 0 aliphatic heterocycles. The zero-order chi connectivity index (χ0) is 19.7. The summed E-state index contributed by atoms with van der Waals surface area (Å²) in [4.78, 5) is 18.9. The highest BCUT2D eigenvalue weighted by molar-refractivity contribution is 7.19. The predicted molar refractivity (Wildman–Crippen MR) is 114 cm³/mol. The SMILES string of the molecule is CCc1ccc(NC(=O)c2sc3nc(-c4ccc(OC)cc4)cn3c2C)cc1. The van der Waals surface area contributed by atoms with E-state index >= 15 is 0 Å². The van der Waals surface area contributed by atoms with Gasteiger partial charge in [0.1, 0.15) is 10.6 Å². The lowest BCUT2D eigenvalue weighted by atomic mass is 10.1. The quantitative estimate of drug-likeness (QED) is 0.509. The van der Waals surface area contributed by atoms with E-state index in [1.54, 1.807) is 7.11 Å². The summed E-state index contributed by atoms with van der Waals surface area (Å²) in [5, 5.41) is 2.98. The topological polar surface area (TPSA) is 55.6 Å². The van der Waals surface area contributed by atoms with Gasteiger partial charge in [0, 0.05) is 23.1 Å². The molecule has 0 aliphatic rings. The fourth-order valence-electron chi connectivity index (χ4n) is 3.07. The molecule has 6 heteroatoms. The number of benzene rings is 2. The van der Waals surface area contributed by atoms with Gasteiger partial charge in [-0.25, -0.2) is 4.98 Å². The Morgan fingerprint density at radius 1 is 1.14 bits per heavy atom. The van der Waals surface area contributed by atoms with Gasteiger partial charge in [-0.15, -0.1) is 0 Å². The van der Waals surface area contributed by atoms with Crippen molar-refractivity contribution in [2.45, 2.75) is 20.3 Å². The minimum atomic E-state index is -0.108. The van der Waals surface area contributed by atoms with E-state index in [1.807, 2.05) is 66.1 Å². The molecular weight excluding hydrogens is 370 g/mol. The maximum Gasteiger partial charge on any atom is 0.267 e. The minimum absolute atomic E-state index is 0.108. The summed E-state index contributed by atoms with van der Waals surface area (Å²) in [6.45, 7) is 4.05. The van der Waals surface area contributed by atoms with Crippen LogP contribution in [0.25, 0.3) is 16.2 Å². The second-order valence-corrected chi connectivity index (χ2v) is 7.51. The highest BCUT2D eigenvalue weighted by Crippen LogP contribution is 2.28. The highest BCUT2D eigenvalue weighted by Gasteiger charge is 2.18. The van der Waals surface area contributed by atoms with Gasteiger partial charge >= 0.3 is 0 Å². The van der Waals surface area contributed by atoms with Crippen LogP contribution in [-0.4, -0.2) is 22.4 Å². The van der Waals surface area contributed by atoms with Gasteiger partial charge in [-0.3, -0.25) is 9.20 Å². The van der Waals surface area contributed by atoms with Crippen LogP contribution in [0.15, 0.2) is 54.7 Å². The van der Waals surface area contributed by atoms with Gasteiger partial charge in [0.15, 0.2) is 4.96 Å². The number of ether oxygens (including phenoxy) is 1. The summed E-state index contributed by atoms with van der Waals surface area (Å²) in [6, 6.07) is 15.7. The summed E-state index contributed by atoms with van der Waals surface area (Å²) in [7, 11) is 1.65. The van der Waals surface area contributed by atoms with Gasteiger partial charge in [0.25, 0.3) is 5.91 Å². The van der Waals surface area contributed by atoms with Crippen molar-refractivity contribution in [2.75, 3.05) is 12.4 Å². The van der Waals surface area contributed by atoms with Crippen molar-refractivity contribution in [3.8, 4) is 17.0 Å². The molecule has 1 N–H and O–H groups in total. The maximum absolute atomic E-state index is 12.7. The van der Waals surface area contributed by atoms with Crippen molar-refractivity contribution in [3.63, 3.8) is 0 Å². The smallest absolute Gasteiger partial charge is 0.267 e. The highest BCUT2D eigenvalue weighted by atomic mass is 32.1. The van der Waals surface area contributed by atoms with E-state index in [1.165, 1.54) is 16.9 Å². The summed E-state index contributed by atoms with van der Waals surface area (Å²) < 4.78 is 7.18. The lowest BCUT2D eigenvalue weighted by Crippen LogP contribution is -2.11. The van der Waals surface area contributed by atoms with Crippen molar-refractivity contribution in [2.24, 2.45) is 0 Å². The summed E-state index contributed by atoms with van der Waals surface area (Å²) in [5.41, 5.74) is 4.81. The van der Waals surface area contributed by atoms with Crippen LogP contribution >= 0.6 is 11.3 Å². The number of hydrogen-bond acceptors (Lipinski definition) is 4. The number of imidazole rings is 1. The van der Waals surface area contributed by atoms with Gasteiger partial charge in [0.05, 0.1) is 12.8 Å². The molecule has 5 nitrogen and oxygen atoms in total. The number of fused-ring (bicyclic) bond motifs is 1. The van der Waals surface area contributed by atoms with Crippen molar-refractivity contribution >= 4 is 27.9 Å². The van der Waals surface area contributed by atoms with Crippen LogP contribution in [0.5, 0.6) is 5.75 Å². The van der Waals surface area contributed by atoms with Crippen LogP contribution < -0.4 is 10.1 Å². The number of aromatic nitrogens is 2. The number of methoxy groups -OCH3 is 1. The molecule has 4 rings (SSSR count). The Morgan fingerprint density at radius 3 is 2.46 bits per heavy atom. The Morgan fingerprint density at radius 2 is 1.86 bits per heavy atom. The zero-order valence-electron chi connectivity index (χ0n) is 16.0. The molecule has 0 saturated carbocycles. The number of thiazole rings is 1. The molecule has 0 fully saturated rings. The van der Waals surface area contributed by atoms with Crippen molar-refractivity contribution < 1.29 is 9.53 Å². The summed E-state index contributed by atoms with van der Waals surface area (Å²) in [6.07, 6.45) is 2.95. The normalized spacial score (nSPS) is 11.0. The fraction of sp³-hybridized carbons (Fsp3) is 0.182. The predicted octanol–water partition coefficient (Wildman–Crippen LogP) is 5.19. The first-order valence-electron chi connectivity index (χ1n) is 9.12. The van der Waals surface area contributed by atoms with E-state index in [2.05, 4.69) is 12.2 Å². The van der Waals surface area contributed by atoms with Crippen molar-refractivity contribution in [3.05, 3.63) is 70.9 Å². The van der Waals surface area contributed by atoms with Crippen LogP contribution in [0.1, 0.15) is 27.9 Å². The number of rotatable bonds is 5. The van der Waals surface area contributed by atoms with Crippen LogP contribution in [0.3, 0.4) is 0 Å². The number of amides is 1. The Kier molecular flexibility index (Phi) is 4.88. The van der Waals surface area contributed by atoms with E-state index in [-0.39, 0.29) is 5.91 Å². The summed E-state index contributed by atoms with van der Waals surface area (Å²) >= 11 is 1.40. The lowest BCUT2D eigenvalue weighted by Gasteiger charge is -2.05. The molecule has 0 spiro atoms. The average Bonchev–Trinajstić information content (AvgIpc) is 3.28. The molecule has 0 radical (unpaired) electrons. The third-order valence-corrected chi connectivity index (χ3v) is 5.92. The maximum atomic E-state index is 12.7. The monoisotopic (exact) mass is 391 g/mol. The van der Waals surface area contributed by atoms with Crippen molar-refractivity contribution in [1.29, 1.82) is 0 Å². The first-order valence-corrected chi connectivity index (χ1v) is 9.94. The Bertz CT molecular complexity index is 1130.